The molecule has 2 aromatic heterocycles. The lowest BCUT2D eigenvalue weighted by atomic mass is 10.1. The molecule has 0 aliphatic rings. The number of carbonyl (C=O) groups is 1. The van der Waals surface area contributed by atoms with Crippen molar-refractivity contribution in [3.8, 4) is 5.75 Å². The van der Waals surface area contributed by atoms with E-state index in [4.69, 9.17) is 4.74 Å². The van der Waals surface area contributed by atoms with Gasteiger partial charge in [-0.2, -0.15) is 0 Å². The van der Waals surface area contributed by atoms with Crippen molar-refractivity contribution >= 4 is 34.1 Å². The fraction of sp³-hybridized carbons (Fsp3) is 0.333. The lowest BCUT2D eigenvalue weighted by molar-refractivity contribution is -0.113. The molecule has 0 atom stereocenters. The van der Waals surface area contributed by atoms with Crippen LogP contribution in [0.5, 0.6) is 5.75 Å². The van der Waals surface area contributed by atoms with Crippen LogP contribution in [0.25, 0.3) is 0 Å². The number of thioether (sulfide) groups is 1. The minimum Gasteiger partial charge on any atom is -0.497 e. The van der Waals surface area contributed by atoms with Crippen LogP contribution in [-0.2, 0) is 17.8 Å². The summed E-state index contributed by atoms with van der Waals surface area (Å²) in [5.41, 5.74) is 1.13. The molecular formula is C18H21N5O2S2. The van der Waals surface area contributed by atoms with Gasteiger partial charge >= 0.3 is 0 Å². The first-order valence-electron chi connectivity index (χ1n) is 8.49. The van der Waals surface area contributed by atoms with Crippen molar-refractivity contribution < 1.29 is 9.53 Å². The highest BCUT2D eigenvalue weighted by atomic mass is 32.2. The minimum absolute atomic E-state index is 0.100. The highest BCUT2D eigenvalue weighted by molar-refractivity contribution is 7.99. The molecule has 0 bridgehead atoms. The van der Waals surface area contributed by atoms with Gasteiger partial charge in [0.05, 0.1) is 12.9 Å². The summed E-state index contributed by atoms with van der Waals surface area (Å²) in [5, 5.41) is 12.7. The Hall–Kier alpha value is -2.39. The normalized spacial score (nSPS) is 10.8. The van der Waals surface area contributed by atoms with Gasteiger partial charge in [0.15, 0.2) is 10.3 Å². The number of hydrogen-bond donors (Lipinski definition) is 1. The summed E-state index contributed by atoms with van der Waals surface area (Å²) in [6, 6.07) is 7.90. The van der Waals surface area contributed by atoms with Crippen LogP contribution in [0.15, 0.2) is 35.6 Å². The Labute approximate surface area is 166 Å². The number of ether oxygens (including phenoxy) is 1. The Morgan fingerprint density at radius 3 is 2.70 bits per heavy atom. The average molecular weight is 404 g/mol. The van der Waals surface area contributed by atoms with E-state index in [1.165, 1.54) is 23.1 Å². The van der Waals surface area contributed by atoms with Crippen molar-refractivity contribution in [2.75, 3.05) is 18.2 Å². The van der Waals surface area contributed by atoms with Crippen LogP contribution in [0.4, 0.5) is 5.13 Å². The summed E-state index contributed by atoms with van der Waals surface area (Å²) >= 11 is 2.84. The van der Waals surface area contributed by atoms with E-state index in [2.05, 4.69) is 20.5 Å². The standard InChI is InChI=1S/C18H21N5O2S2/c1-4-23-15(9-13-5-7-14(25-3)8-6-13)21-22-18(23)26-11-16(24)20-17-19-10-12(2)27-17/h5-8,10H,4,9,11H2,1-3H3,(H,19,20,24). The van der Waals surface area contributed by atoms with Gasteiger partial charge in [-0.1, -0.05) is 23.9 Å². The molecule has 3 aromatic rings. The predicted octanol–water partition coefficient (Wildman–Crippen LogP) is 3.39. The number of hydrogen-bond acceptors (Lipinski definition) is 7. The number of nitrogens with zero attached hydrogens (tertiary/aromatic N) is 4. The minimum atomic E-state index is -0.100. The molecule has 0 fully saturated rings. The second-order valence-corrected chi connectivity index (χ2v) is 7.96. The smallest absolute Gasteiger partial charge is 0.236 e. The van der Waals surface area contributed by atoms with Crippen molar-refractivity contribution in [1.29, 1.82) is 0 Å². The molecule has 27 heavy (non-hydrogen) atoms. The van der Waals surface area contributed by atoms with Gasteiger partial charge < -0.3 is 14.6 Å². The Bertz CT molecular complexity index is 905. The first-order chi connectivity index (χ1) is 13.1. The SMILES string of the molecule is CCn1c(Cc2ccc(OC)cc2)nnc1SCC(=O)Nc1ncc(C)s1. The van der Waals surface area contributed by atoms with Gasteiger partial charge in [-0.05, 0) is 31.5 Å². The number of methoxy groups -OCH3 is 1. The van der Waals surface area contributed by atoms with Gasteiger partial charge in [0.25, 0.3) is 0 Å². The third-order valence-electron chi connectivity index (χ3n) is 3.83. The zero-order chi connectivity index (χ0) is 19.2. The fourth-order valence-electron chi connectivity index (χ4n) is 2.50. The number of aryl methyl sites for hydroxylation is 1. The summed E-state index contributed by atoms with van der Waals surface area (Å²) in [6.45, 7) is 4.74. The fourth-order valence-corrected chi connectivity index (χ4v) is 4.00. The monoisotopic (exact) mass is 403 g/mol. The number of aromatic nitrogens is 4. The number of thiazole rings is 1. The van der Waals surface area contributed by atoms with Gasteiger partial charge in [0.2, 0.25) is 5.91 Å². The molecule has 1 N–H and O–H groups in total. The second-order valence-electron chi connectivity index (χ2n) is 5.78. The van der Waals surface area contributed by atoms with Crippen LogP contribution < -0.4 is 10.1 Å². The molecule has 142 valence electrons. The zero-order valence-corrected chi connectivity index (χ0v) is 17.1. The number of benzene rings is 1. The first kappa shape index (κ1) is 19.4. The van der Waals surface area contributed by atoms with Gasteiger partial charge in [0.1, 0.15) is 11.6 Å². The van der Waals surface area contributed by atoms with Gasteiger partial charge in [-0.25, -0.2) is 4.98 Å². The number of nitrogens with one attached hydrogen (secondary N) is 1. The van der Waals surface area contributed by atoms with Gasteiger partial charge in [-0.15, -0.1) is 21.5 Å². The van der Waals surface area contributed by atoms with Gasteiger partial charge in [-0.3, -0.25) is 4.79 Å². The average Bonchev–Trinajstić information content (AvgIpc) is 3.26. The zero-order valence-electron chi connectivity index (χ0n) is 15.4. The maximum atomic E-state index is 12.1. The Kier molecular flexibility index (Phi) is 6.46. The van der Waals surface area contributed by atoms with Crippen molar-refractivity contribution in [2.24, 2.45) is 0 Å². The Balaban J connectivity index is 1.61. The van der Waals surface area contributed by atoms with Crippen molar-refractivity contribution in [2.45, 2.75) is 32.0 Å². The maximum Gasteiger partial charge on any atom is 0.236 e. The van der Waals surface area contributed by atoms with E-state index in [1.54, 1.807) is 13.3 Å². The van der Waals surface area contributed by atoms with Crippen LogP contribution in [-0.4, -0.2) is 38.5 Å². The van der Waals surface area contributed by atoms with Crippen LogP contribution >= 0.6 is 23.1 Å². The summed E-state index contributed by atoms with van der Waals surface area (Å²) in [4.78, 5) is 17.3. The molecule has 9 heteroatoms. The van der Waals surface area contributed by atoms with Crippen molar-refractivity contribution in [1.82, 2.24) is 19.7 Å². The van der Waals surface area contributed by atoms with E-state index in [0.29, 0.717) is 11.6 Å². The van der Waals surface area contributed by atoms with Gasteiger partial charge in [0, 0.05) is 24.0 Å². The van der Waals surface area contributed by atoms with E-state index < -0.39 is 0 Å². The third-order valence-corrected chi connectivity index (χ3v) is 5.63. The number of rotatable bonds is 8. The van der Waals surface area contributed by atoms with Crippen LogP contribution in [0.1, 0.15) is 23.2 Å². The predicted molar refractivity (Wildman–Crippen MR) is 108 cm³/mol. The van der Waals surface area contributed by atoms with E-state index in [9.17, 15) is 4.79 Å². The molecule has 0 aliphatic carbocycles. The largest absolute Gasteiger partial charge is 0.497 e. The molecular weight excluding hydrogens is 382 g/mol. The molecule has 2 heterocycles. The summed E-state index contributed by atoms with van der Waals surface area (Å²) in [5.74, 6) is 1.87. The van der Waals surface area contributed by atoms with Crippen LogP contribution in [0.3, 0.4) is 0 Å². The molecule has 7 nitrogen and oxygen atoms in total. The summed E-state index contributed by atoms with van der Waals surface area (Å²) < 4.78 is 7.23. The first-order valence-corrected chi connectivity index (χ1v) is 10.3. The molecule has 1 aromatic carbocycles. The molecule has 1 amide bonds. The van der Waals surface area contributed by atoms with Crippen LogP contribution in [0.2, 0.25) is 0 Å². The third kappa shape index (κ3) is 5.08. The Morgan fingerprint density at radius 1 is 1.30 bits per heavy atom. The highest BCUT2D eigenvalue weighted by Crippen LogP contribution is 2.21. The Morgan fingerprint density at radius 2 is 2.07 bits per heavy atom. The van der Waals surface area contributed by atoms with Crippen molar-refractivity contribution in [3.63, 3.8) is 0 Å². The molecule has 0 aliphatic heterocycles. The lowest BCUT2D eigenvalue weighted by Crippen LogP contribution is -2.14. The number of anilines is 1. The molecule has 0 unspecified atom stereocenters. The molecule has 0 saturated heterocycles. The second kappa shape index (κ2) is 9.01. The topological polar surface area (TPSA) is 81.9 Å². The summed E-state index contributed by atoms with van der Waals surface area (Å²) in [7, 11) is 1.65. The molecule has 0 radical (unpaired) electrons. The van der Waals surface area contributed by atoms with Crippen LogP contribution in [0, 0.1) is 6.92 Å². The van der Waals surface area contributed by atoms with Crippen molar-refractivity contribution in [3.05, 3.63) is 46.7 Å². The lowest BCUT2D eigenvalue weighted by Gasteiger charge is -2.08. The molecule has 0 saturated carbocycles. The quantitative estimate of drug-likeness (QED) is 0.581. The summed E-state index contributed by atoms with van der Waals surface area (Å²) in [6.07, 6.45) is 2.42. The number of carbonyl (C=O) groups excluding carboxylic acids is 1. The van der Waals surface area contributed by atoms with E-state index in [1.807, 2.05) is 42.7 Å². The molecule has 3 rings (SSSR count). The maximum absolute atomic E-state index is 12.1. The number of amides is 1. The molecule has 0 spiro atoms. The highest BCUT2D eigenvalue weighted by Gasteiger charge is 2.14. The van der Waals surface area contributed by atoms with E-state index >= 15 is 0 Å². The van der Waals surface area contributed by atoms with E-state index in [0.717, 1.165) is 33.7 Å². The van der Waals surface area contributed by atoms with E-state index in [-0.39, 0.29) is 11.7 Å².